The van der Waals surface area contributed by atoms with Crippen LogP contribution in [0.25, 0.3) is 0 Å². The normalized spacial score (nSPS) is 12.1. The van der Waals surface area contributed by atoms with Gasteiger partial charge in [0.05, 0.1) is 7.05 Å². The fourth-order valence-electron chi connectivity index (χ4n) is 1.26. The van der Waals surface area contributed by atoms with Gasteiger partial charge in [0.2, 0.25) is 5.82 Å². The molecule has 0 saturated carbocycles. The predicted octanol–water partition coefficient (Wildman–Crippen LogP) is 1.30. The number of hydrogen-bond donors (Lipinski definition) is 0. The highest BCUT2D eigenvalue weighted by Crippen LogP contribution is 1.98. The number of imidazole rings is 1. The second-order valence-electron chi connectivity index (χ2n) is 4.00. The highest BCUT2D eigenvalue weighted by molar-refractivity contribution is 6.67. The van der Waals surface area contributed by atoms with E-state index < -0.39 is 8.24 Å². The smallest absolute Gasteiger partial charge is 0.257 e. The molecule has 0 amide bonds. The van der Waals surface area contributed by atoms with Crippen molar-refractivity contribution in [2.24, 2.45) is 7.05 Å². The molecule has 1 aromatic heterocycles. The van der Waals surface area contributed by atoms with Crippen molar-refractivity contribution in [1.29, 1.82) is 0 Å². The molecule has 62 valence electrons. The lowest BCUT2D eigenvalue weighted by Gasteiger charge is -2.12. The summed E-state index contributed by atoms with van der Waals surface area (Å²) in [5.41, 5.74) is 0. The van der Waals surface area contributed by atoms with E-state index in [1.54, 1.807) is 0 Å². The minimum Gasteiger partial charge on any atom is -0.285 e. The van der Waals surface area contributed by atoms with Crippen molar-refractivity contribution in [3.05, 3.63) is 18.2 Å². The molecule has 1 heterocycles. The molecule has 0 spiro atoms. The molecule has 0 aliphatic carbocycles. The van der Waals surface area contributed by atoms with Gasteiger partial charge in [0.25, 0.3) is 8.24 Å². The van der Waals surface area contributed by atoms with Gasteiger partial charge in [0.15, 0.2) is 0 Å². The Hall–Kier alpha value is -0.573. The van der Waals surface area contributed by atoms with Gasteiger partial charge in [-0.1, -0.05) is 0 Å². The third-order valence-corrected chi connectivity index (χ3v) is 3.94. The van der Waals surface area contributed by atoms with E-state index in [1.807, 2.05) is 0 Å². The third kappa shape index (κ3) is 1.53. The van der Waals surface area contributed by atoms with Gasteiger partial charge in [-0.15, -0.1) is 0 Å². The van der Waals surface area contributed by atoms with E-state index >= 15 is 0 Å². The van der Waals surface area contributed by atoms with Crippen molar-refractivity contribution in [2.45, 2.75) is 26.6 Å². The van der Waals surface area contributed by atoms with Gasteiger partial charge in [-0.25, -0.2) is 4.57 Å². The van der Waals surface area contributed by atoms with Crippen LogP contribution in [-0.2, 0) is 7.05 Å². The molecule has 0 bridgehead atoms. The van der Waals surface area contributed by atoms with Crippen LogP contribution in [0.5, 0.6) is 0 Å². The zero-order valence-corrected chi connectivity index (χ0v) is 9.05. The average molecular weight is 169 g/mol. The van der Waals surface area contributed by atoms with Crippen LogP contribution < -0.4 is 4.23 Å². The largest absolute Gasteiger partial charge is 0.285 e. The first kappa shape index (κ1) is 8.52. The first-order chi connectivity index (χ1) is 4.93. The van der Waals surface area contributed by atoms with Crippen LogP contribution in [-0.4, -0.2) is 12.8 Å². The molecule has 0 saturated heterocycles. The van der Waals surface area contributed by atoms with Crippen LogP contribution in [0.1, 0.15) is 5.82 Å². The first-order valence-corrected chi connectivity index (χ1v) is 7.41. The number of rotatable bonds is 1. The lowest BCUT2D eigenvalue weighted by molar-refractivity contribution is -0.552. The van der Waals surface area contributed by atoms with E-state index in [1.165, 1.54) is 5.82 Å². The second kappa shape index (κ2) is 2.48. The molecule has 1 aromatic rings. The molecule has 11 heavy (non-hydrogen) atoms. The van der Waals surface area contributed by atoms with Gasteiger partial charge in [0.1, 0.15) is 12.4 Å². The molecular weight excluding hydrogens is 152 g/mol. The second-order valence-corrected chi connectivity index (χ2v) is 8.82. The first-order valence-electron chi connectivity index (χ1n) is 3.97. The molecule has 1 rings (SSSR count). The van der Waals surface area contributed by atoms with Gasteiger partial charge in [0, 0.05) is 6.92 Å². The highest BCUT2D eigenvalue weighted by Gasteiger charge is 2.25. The molecule has 0 N–H and O–H groups in total. The topological polar surface area (TPSA) is 8.81 Å². The van der Waals surface area contributed by atoms with Crippen molar-refractivity contribution < 1.29 is 4.23 Å². The molecular formula is C8H17N2Si+. The predicted molar refractivity (Wildman–Crippen MR) is 49.1 cm³/mol. The highest BCUT2D eigenvalue weighted by atomic mass is 28.3. The van der Waals surface area contributed by atoms with Crippen LogP contribution in [0.3, 0.4) is 0 Å². The van der Waals surface area contributed by atoms with Crippen molar-refractivity contribution >= 4 is 8.24 Å². The summed E-state index contributed by atoms with van der Waals surface area (Å²) in [6.07, 6.45) is 4.30. The van der Waals surface area contributed by atoms with Crippen LogP contribution in [0.2, 0.25) is 19.6 Å². The molecule has 0 aliphatic heterocycles. The van der Waals surface area contributed by atoms with Gasteiger partial charge >= 0.3 is 0 Å². The minimum absolute atomic E-state index is 1.16. The summed E-state index contributed by atoms with van der Waals surface area (Å²) < 4.78 is 4.57. The zero-order chi connectivity index (χ0) is 8.65. The van der Waals surface area contributed by atoms with E-state index in [9.17, 15) is 0 Å². The summed E-state index contributed by atoms with van der Waals surface area (Å²) in [5.74, 6) is 1.35. The molecule has 0 aromatic carbocycles. The van der Waals surface area contributed by atoms with E-state index in [0.29, 0.717) is 0 Å². The lowest BCUT2D eigenvalue weighted by atomic mass is 10.7. The Morgan fingerprint density at radius 2 is 1.91 bits per heavy atom. The molecule has 0 unspecified atom stereocenters. The molecule has 0 fully saturated rings. The van der Waals surface area contributed by atoms with Crippen LogP contribution in [0.4, 0.5) is 0 Å². The maximum absolute atomic E-state index is 2.41. The fraction of sp³-hybridized carbons (Fsp3) is 0.625. The summed E-state index contributed by atoms with van der Waals surface area (Å²) in [7, 11) is 0.928. The van der Waals surface area contributed by atoms with E-state index in [-0.39, 0.29) is 0 Å². The summed E-state index contributed by atoms with van der Waals surface area (Å²) in [6, 6.07) is 0. The van der Waals surface area contributed by atoms with E-state index in [4.69, 9.17) is 0 Å². The Labute approximate surface area is 69.6 Å². The van der Waals surface area contributed by atoms with Crippen molar-refractivity contribution in [3.63, 3.8) is 0 Å². The zero-order valence-electron chi connectivity index (χ0n) is 8.05. The Morgan fingerprint density at radius 1 is 1.36 bits per heavy atom. The molecule has 2 nitrogen and oxygen atoms in total. The summed E-state index contributed by atoms with van der Waals surface area (Å²) >= 11 is 0. The van der Waals surface area contributed by atoms with Crippen molar-refractivity contribution in [2.75, 3.05) is 0 Å². The van der Waals surface area contributed by atoms with Crippen molar-refractivity contribution in [3.8, 4) is 0 Å². The van der Waals surface area contributed by atoms with Gasteiger partial charge < -0.3 is 0 Å². The van der Waals surface area contributed by atoms with Crippen LogP contribution >= 0.6 is 0 Å². The number of hydrogen-bond acceptors (Lipinski definition) is 0. The maximum Gasteiger partial charge on any atom is 0.257 e. The Balaban J connectivity index is 3.15. The molecule has 0 aliphatic rings. The maximum atomic E-state index is 2.41. The Morgan fingerprint density at radius 3 is 2.09 bits per heavy atom. The average Bonchev–Trinajstić information content (AvgIpc) is 2.11. The van der Waals surface area contributed by atoms with Gasteiger partial charge in [-0.2, -0.15) is 0 Å². The van der Waals surface area contributed by atoms with E-state index in [0.717, 1.165) is 0 Å². The molecule has 3 heteroatoms. The summed E-state index contributed by atoms with van der Waals surface area (Å²) in [6.45, 7) is 9.21. The van der Waals surface area contributed by atoms with Gasteiger partial charge in [-0.05, 0) is 19.6 Å². The summed E-state index contributed by atoms with van der Waals surface area (Å²) in [5, 5.41) is 0. The SMILES string of the molecule is Cc1n(C)cc[n+]1[Si](C)(C)C. The number of aromatic nitrogens is 2. The van der Waals surface area contributed by atoms with Gasteiger partial charge in [-0.3, -0.25) is 4.23 Å². The van der Waals surface area contributed by atoms with Crippen molar-refractivity contribution in [1.82, 2.24) is 4.57 Å². The lowest BCUT2D eigenvalue weighted by Crippen LogP contribution is -2.58. The monoisotopic (exact) mass is 169 g/mol. The summed E-state index contributed by atoms with van der Waals surface area (Å²) in [4.78, 5) is 0. The third-order valence-electron chi connectivity index (χ3n) is 2.02. The molecule has 0 atom stereocenters. The quantitative estimate of drug-likeness (QED) is 0.560. The number of aryl methyl sites for hydroxylation is 1. The molecule has 0 radical (unpaired) electrons. The standard InChI is InChI=1S/C8H17N2Si/c1-8-9(2)6-7-10(8)11(3,4)5/h6-7H,1-5H3/q+1. The van der Waals surface area contributed by atoms with Crippen LogP contribution in [0, 0.1) is 6.92 Å². The van der Waals surface area contributed by atoms with E-state index in [2.05, 4.69) is 54.8 Å². The van der Waals surface area contributed by atoms with Crippen LogP contribution in [0.15, 0.2) is 12.4 Å². The minimum atomic E-state index is -1.16. The Bertz CT molecular complexity index is 258. The fourth-order valence-corrected chi connectivity index (χ4v) is 2.90. The Kier molecular flexibility index (Phi) is 1.92. The number of nitrogens with zero attached hydrogens (tertiary/aromatic N) is 2.